The summed E-state index contributed by atoms with van der Waals surface area (Å²) >= 11 is 0. The molecule has 0 fully saturated rings. The Morgan fingerprint density at radius 1 is 1.33 bits per heavy atom. The van der Waals surface area contributed by atoms with Crippen LogP contribution in [0.5, 0.6) is 5.75 Å². The van der Waals surface area contributed by atoms with E-state index in [1.807, 2.05) is 18.2 Å². The highest BCUT2D eigenvalue weighted by atomic mass is 16.5. The molecule has 0 saturated heterocycles. The number of pyridine rings is 1. The van der Waals surface area contributed by atoms with E-state index in [-0.39, 0.29) is 5.78 Å². The van der Waals surface area contributed by atoms with Crippen LogP contribution in [0.25, 0.3) is 10.9 Å². The second-order valence-electron chi connectivity index (χ2n) is 4.70. The normalized spacial score (nSPS) is 13.7. The first-order valence-corrected chi connectivity index (χ1v) is 6.21. The lowest BCUT2D eigenvalue weighted by Gasteiger charge is -2.10. The highest BCUT2D eigenvalue weighted by molar-refractivity contribution is 6.08. The summed E-state index contributed by atoms with van der Waals surface area (Å²) < 4.78 is 5.24. The Labute approximate surface area is 106 Å². The number of methoxy groups -OCH3 is 1. The van der Waals surface area contributed by atoms with Gasteiger partial charge in [-0.3, -0.25) is 9.78 Å². The van der Waals surface area contributed by atoms with Gasteiger partial charge in [-0.1, -0.05) is 0 Å². The zero-order valence-electron chi connectivity index (χ0n) is 10.6. The molecule has 1 aromatic carbocycles. The SMILES string of the molecule is COc1ccc2nc3c(c(C(C)=O)c2c1)CCC3. The fourth-order valence-corrected chi connectivity index (χ4v) is 2.77. The summed E-state index contributed by atoms with van der Waals surface area (Å²) in [7, 11) is 1.63. The summed E-state index contributed by atoms with van der Waals surface area (Å²) in [6.07, 6.45) is 3.04. The van der Waals surface area contributed by atoms with E-state index in [1.54, 1.807) is 14.0 Å². The lowest BCUT2D eigenvalue weighted by Crippen LogP contribution is -2.03. The van der Waals surface area contributed by atoms with Gasteiger partial charge in [-0.2, -0.15) is 0 Å². The van der Waals surface area contributed by atoms with E-state index in [1.165, 1.54) is 0 Å². The molecule has 0 atom stereocenters. The van der Waals surface area contributed by atoms with Gasteiger partial charge in [0.2, 0.25) is 0 Å². The number of rotatable bonds is 2. The van der Waals surface area contributed by atoms with Crippen LogP contribution in [0.4, 0.5) is 0 Å². The van der Waals surface area contributed by atoms with Gasteiger partial charge >= 0.3 is 0 Å². The fraction of sp³-hybridized carbons (Fsp3) is 0.333. The topological polar surface area (TPSA) is 39.2 Å². The number of carbonyl (C=O) groups excluding carboxylic acids is 1. The second-order valence-corrected chi connectivity index (χ2v) is 4.70. The third-order valence-electron chi connectivity index (χ3n) is 3.57. The third-order valence-corrected chi connectivity index (χ3v) is 3.57. The molecule has 3 nitrogen and oxygen atoms in total. The molecule has 0 N–H and O–H groups in total. The van der Waals surface area contributed by atoms with Crippen LogP contribution < -0.4 is 4.74 Å². The molecule has 0 unspecified atom stereocenters. The Morgan fingerprint density at radius 2 is 2.17 bits per heavy atom. The van der Waals surface area contributed by atoms with E-state index >= 15 is 0 Å². The molecule has 0 radical (unpaired) electrons. The van der Waals surface area contributed by atoms with Gasteiger partial charge in [-0.15, -0.1) is 0 Å². The van der Waals surface area contributed by atoms with Gasteiger partial charge in [0.25, 0.3) is 0 Å². The second kappa shape index (κ2) is 4.09. The number of ketones is 1. The standard InChI is InChI=1S/C15H15NO2/c1-9(17)15-11-4-3-5-13(11)16-14-7-6-10(18-2)8-12(14)15/h6-8H,3-5H2,1-2H3. The van der Waals surface area contributed by atoms with Crippen LogP contribution in [0.15, 0.2) is 18.2 Å². The van der Waals surface area contributed by atoms with Crippen LogP contribution in [-0.2, 0) is 12.8 Å². The molecule has 92 valence electrons. The molecule has 1 aromatic heterocycles. The monoisotopic (exact) mass is 241 g/mol. The van der Waals surface area contributed by atoms with Gasteiger partial charge in [0.05, 0.1) is 12.6 Å². The van der Waals surface area contributed by atoms with Crippen molar-refractivity contribution >= 4 is 16.7 Å². The van der Waals surface area contributed by atoms with Crippen LogP contribution >= 0.6 is 0 Å². The molecule has 0 saturated carbocycles. The molecule has 1 aliphatic rings. The predicted octanol–water partition coefficient (Wildman–Crippen LogP) is 2.93. The Kier molecular flexibility index (Phi) is 2.54. The van der Waals surface area contributed by atoms with Crippen LogP contribution in [0.2, 0.25) is 0 Å². The quantitative estimate of drug-likeness (QED) is 0.759. The van der Waals surface area contributed by atoms with Crippen molar-refractivity contribution in [1.82, 2.24) is 4.98 Å². The van der Waals surface area contributed by atoms with Gasteiger partial charge in [0.1, 0.15) is 5.75 Å². The van der Waals surface area contributed by atoms with E-state index in [0.29, 0.717) is 0 Å². The largest absolute Gasteiger partial charge is 0.497 e. The Hall–Kier alpha value is -1.90. The number of nitrogens with zero attached hydrogens (tertiary/aromatic N) is 1. The maximum Gasteiger partial charge on any atom is 0.160 e. The van der Waals surface area contributed by atoms with Crippen LogP contribution in [0.3, 0.4) is 0 Å². The summed E-state index contributed by atoms with van der Waals surface area (Å²) in [5.41, 5.74) is 3.97. The maximum absolute atomic E-state index is 12.0. The summed E-state index contributed by atoms with van der Waals surface area (Å²) in [4.78, 5) is 16.6. The smallest absolute Gasteiger partial charge is 0.160 e. The average molecular weight is 241 g/mol. The zero-order valence-corrected chi connectivity index (χ0v) is 10.6. The molecule has 0 amide bonds. The van der Waals surface area contributed by atoms with Crippen LogP contribution in [0.1, 0.15) is 35.0 Å². The molecule has 18 heavy (non-hydrogen) atoms. The van der Waals surface area contributed by atoms with Gasteiger partial charge in [0, 0.05) is 16.6 Å². The molecule has 1 heterocycles. The third kappa shape index (κ3) is 1.58. The van der Waals surface area contributed by atoms with Gasteiger partial charge < -0.3 is 4.74 Å². The predicted molar refractivity (Wildman–Crippen MR) is 70.3 cm³/mol. The highest BCUT2D eigenvalue weighted by Gasteiger charge is 2.21. The minimum absolute atomic E-state index is 0.119. The molecule has 1 aliphatic carbocycles. The van der Waals surface area contributed by atoms with Gasteiger partial charge in [-0.05, 0) is 49.9 Å². The zero-order chi connectivity index (χ0) is 12.7. The fourth-order valence-electron chi connectivity index (χ4n) is 2.77. The molecule has 0 aliphatic heterocycles. The number of aromatic nitrogens is 1. The molecule has 0 bridgehead atoms. The average Bonchev–Trinajstić information content (AvgIpc) is 2.82. The van der Waals surface area contributed by atoms with E-state index in [9.17, 15) is 4.79 Å². The molecular weight excluding hydrogens is 226 g/mol. The number of fused-ring (bicyclic) bond motifs is 2. The van der Waals surface area contributed by atoms with Crippen molar-refractivity contribution in [3.05, 3.63) is 35.0 Å². The summed E-state index contributed by atoms with van der Waals surface area (Å²) in [5.74, 6) is 0.888. The Morgan fingerprint density at radius 3 is 2.89 bits per heavy atom. The number of aryl methyl sites for hydroxylation is 1. The lowest BCUT2D eigenvalue weighted by molar-refractivity contribution is 0.101. The number of Topliss-reactive ketones (excluding diaryl/α,β-unsaturated/α-hetero) is 1. The number of carbonyl (C=O) groups is 1. The van der Waals surface area contributed by atoms with Crippen molar-refractivity contribution in [2.45, 2.75) is 26.2 Å². The maximum atomic E-state index is 12.0. The van der Waals surface area contributed by atoms with Crippen molar-refractivity contribution in [1.29, 1.82) is 0 Å². The number of hydrogen-bond acceptors (Lipinski definition) is 3. The molecule has 0 spiro atoms. The van der Waals surface area contributed by atoms with Crippen molar-refractivity contribution in [3.8, 4) is 5.75 Å². The van der Waals surface area contributed by atoms with Crippen LogP contribution in [-0.4, -0.2) is 17.9 Å². The Balaban J connectivity index is 2.39. The van der Waals surface area contributed by atoms with E-state index < -0.39 is 0 Å². The van der Waals surface area contributed by atoms with Crippen molar-refractivity contribution < 1.29 is 9.53 Å². The molecule has 3 heteroatoms. The van der Waals surface area contributed by atoms with Crippen molar-refractivity contribution in [2.75, 3.05) is 7.11 Å². The first-order valence-electron chi connectivity index (χ1n) is 6.21. The highest BCUT2D eigenvalue weighted by Crippen LogP contribution is 2.32. The molecule has 2 aromatic rings. The van der Waals surface area contributed by atoms with Crippen molar-refractivity contribution in [3.63, 3.8) is 0 Å². The van der Waals surface area contributed by atoms with E-state index in [4.69, 9.17) is 4.74 Å². The molecule has 3 rings (SSSR count). The summed E-state index contributed by atoms with van der Waals surface area (Å²) in [6.45, 7) is 1.63. The minimum Gasteiger partial charge on any atom is -0.497 e. The first-order chi connectivity index (χ1) is 8.70. The molecular formula is C15H15NO2. The minimum atomic E-state index is 0.119. The van der Waals surface area contributed by atoms with E-state index in [2.05, 4.69) is 4.98 Å². The summed E-state index contributed by atoms with van der Waals surface area (Å²) in [6, 6.07) is 5.73. The number of hydrogen-bond donors (Lipinski definition) is 0. The van der Waals surface area contributed by atoms with Gasteiger partial charge in [-0.25, -0.2) is 0 Å². The Bertz CT molecular complexity index is 646. The van der Waals surface area contributed by atoms with Crippen LogP contribution in [0, 0.1) is 0 Å². The number of benzene rings is 1. The summed E-state index contributed by atoms with van der Waals surface area (Å²) in [5, 5.41) is 0.919. The first kappa shape index (κ1) is 11.2. The van der Waals surface area contributed by atoms with E-state index in [0.717, 1.165) is 52.7 Å². The van der Waals surface area contributed by atoms with Gasteiger partial charge in [0.15, 0.2) is 5.78 Å². The lowest BCUT2D eigenvalue weighted by atomic mass is 9.98. The number of ether oxygens (including phenoxy) is 1. The van der Waals surface area contributed by atoms with Crippen molar-refractivity contribution in [2.24, 2.45) is 0 Å².